The van der Waals surface area contributed by atoms with Crippen molar-refractivity contribution in [2.45, 2.75) is 31.3 Å². The van der Waals surface area contributed by atoms with Crippen LogP contribution < -0.4 is 5.32 Å². The van der Waals surface area contributed by atoms with Crippen LogP contribution in [0.25, 0.3) is 5.69 Å². The van der Waals surface area contributed by atoms with Crippen LogP contribution in [0.1, 0.15) is 24.2 Å². The standard InChI is InChI=1S/C21H23ClN4OS/c1-16-24-25-21(26(16)19-10-5-9-18(22)15-19)28-14-6-11-20(27)23-13-12-17-7-3-2-4-8-17/h2-5,7-10,15H,6,11-14H2,1H3,(H,23,27). The third-order valence-electron chi connectivity index (χ3n) is 4.22. The van der Waals surface area contributed by atoms with E-state index in [0.717, 1.165) is 35.3 Å². The zero-order chi connectivity index (χ0) is 19.8. The van der Waals surface area contributed by atoms with Crippen LogP contribution >= 0.6 is 23.4 Å². The van der Waals surface area contributed by atoms with Crippen molar-refractivity contribution in [2.75, 3.05) is 12.3 Å². The van der Waals surface area contributed by atoms with E-state index in [1.807, 2.05) is 54.0 Å². The Morgan fingerprint density at radius 3 is 2.75 bits per heavy atom. The van der Waals surface area contributed by atoms with Gasteiger partial charge >= 0.3 is 0 Å². The summed E-state index contributed by atoms with van der Waals surface area (Å²) in [4.78, 5) is 12.0. The van der Waals surface area contributed by atoms with Gasteiger partial charge in [-0.15, -0.1) is 10.2 Å². The number of carbonyl (C=O) groups is 1. The highest BCUT2D eigenvalue weighted by Gasteiger charge is 2.12. The molecule has 5 nitrogen and oxygen atoms in total. The first-order valence-electron chi connectivity index (χ1n) is 9.25. The molecular weight excluding hydrogens is 392 g/mol. The number of aromatic nitrogens is 3. The van der Waals surface area contributed by atoms with E-state index >= 15 is 0 Å². The quantitative estimate of drug-likeness (QED) is 0.414. The lowest BCUT2D eigenvalue weighted by molar-refractivity contribution is -0.121. The van der Waals surface area contributed by atoms with E-state index in [9.17, 15) is 4.79 Å². The number of hydrogen-bond donors (Lipinski definition) is 1. The molecule has 0 aliphatic heterocycles. The molecule has 146 valence electrons. The summed E-state index contributed by atoms with van der Waals surface area (Å²) in [5.74, 6) is 1.69. The zero-order valence-electron chi connectivity index (χ0n) is 15.8. The molecule has 0 saturated heterocycles. The van der Waals surface area contributed by atoms with Crippen molar-refractivity contribution >= 4 is 29.3 Å². The molecule has 0 atom stereocenters. The van der Waals surface area contributed by atoms with Gasteiger partial charge in [-0.05, 0) is 43.5 Å². The molecule has 3 rings (SSSR count). The van der Waals surface area contributed by atoms with Crippen LogP contribution in [0.5, 0.6) is 0 Å². The maximum Gasteiger partial charge on any atom is 0.220 e. The topological polar surface area (TPSA) is 59.8 Å². The summed E-state index contributed by atoms with van der Waals surface area (Å²) in [5.41, 5.74) is 2.17. The Morgan fingerprint density at radius 1 is 1.14 bits per heavy atom. The highest BCUT2D eigenvalue weighted by Crippen LogP contribution is 2.24. The number of thioether (sulfide) groups is 1. The van der Waals surface area contributed by atoms with Crippen molar-refractivity contribution in [1.82, 2.24) is 20.1 Å². The summed E-state index contributed by atoms with van der Waals surface area (Å²) >= 11 is 7.70. The Balaban J connectivity index is 1.42. The van der Waals surface area contributed by atoms with Crippen LogP contribution in [-0.4, -0.2) is 33.0 Å². The first kappa shape index (κ1) is 20.4. The van der Waals surface area contributed by atoms with Gasteiger partial charge in [0, 0.05) is 23.7 Å². The van der Waals surface area contributed by atoms with Crippen LogP contribution in [0.3, 0.4) is 0 Å². The molecule has 3 aromatic rings. The number of hydrogen-bond acceptors (Lipinski definition) is 4. The van der Waals surface area contributed by atoms with Gasteiger partial charge in [-0.3, -0.25) is 9.36 Å². The number of rotatable bonds is 9. The largest absolute Gasteiger partial charge is 0.356 e. The molecule has 0 bridgehead atoms. The average Bonchev–Trinajstić information content (AvgIpc) is 3.06. The molecule has 0 spiro atoms. The van der Waals surface area contributed by atoms with Crippen LogP contribution in [0, 0.1) is 6.92 Å². The molecule has 1 aromatic heterocycles. The molecular formula is C21H23ClN4OS. The van der Waals surface area contributed by atoms with Crippen LogP contribution in [0.4, 0.5) is 0 Å². The maximum absolute atomic E-state index is 12.0. The Hall–Kier alpha value is -2.31. The molecule has 7 heteroatoms. The fourth-order valence-corrected chi connectivity index (χ4v) is 3.95. The molecule has 1 amide bonds. The molecule has 0 aliphatic carbocycles. The van der Waals surface area contributed by atoms with Gasteiger partial charge in [-0.25, -0.2) is 0 Å². The van der Waals surface area contributed by atoms with E-state index in [-0.39, 0.29) is 5.91 Å². The van der Waals surface area contributed by atoms with Gasteiger partial charge in [0.1, 0.15) is 5.82 Å². The average molecular weight is 415 g/mol. The minimum Gasteiger partial charge on any atom is -0.356 e. The summed E-state index contributed by atoms with van der Waals surface area (Å²) in [6, 6.07) is 17.8. The second-order valence-electron chi connectivity index (χ2n) is 6.38. The number of carbonyl (C=O) groups excluding carboxylic acids is 1. The summed E-state index contributed by atoms with van der Waals surface area (Å²) < 4.78 is 1.98. The van der Waals surface area contributed by atoms with Gasteiger partial charge in [0.25, 0.3) is 0 Å². The summed E-state index contributed by atoms with van der Waals surface area (Å²) in [7, 11) is 0. The smallest absolute Gasteiger partial charge is 0.220 e. The van der Waals surface area contributed by atoms with E-state index in [2.05, 4.69) is 27.6 Å². The molecule has 1 N–H and O–H groups in total. The summed E-state index contributed by atoms with van der Waals surface area (Å²) in [5, 5.41) is 12.9. The second kappa shape index (κ2) is 10.3. The molecule has 2 aromatic carbocycles. The van der Waals surface area contributed by atoms with E-state index in [4.69, 9.17) is 11.6 Å². The van der Waals surface area contributed by atoms with E-state index in [1.165, 1.54) is 5.56 Å². The number of aryl methyl sites for hydroxylation is 1. The van der Waals surface area contributed by atoms with Gasteiger partial charge in [-0.2, -0.15) is 0 Å². The lowest BCUT2D eigenvalue weighted by Gasteiger charge is -2.09. The molecule has 1 heterocycles. The third-order valence-corrected chi connectivity index (χ3v) is 5.47. The monoisotopic (exact) mass is 414 g/mol. The Labute approximate surface area is 174 Å². The van der Waals surface area contributed by atoms with Crippen LogP contribution in [-0.2, 0) is 11.2 Å². The highest BCUT2D eigenvalue weighted by atomic mass is 35.5. The minimum absolute atomic E-state index is 0.0871. The van der Waals surface area contributed by atoms with Crippen molar-refractivity contribution in [3.05, 3.63) is 71.0 Å². The third kappa shape index (κ3) is 5.84. The first-order valence-corrected chi connectivity index (χ1v) is 10.6. The van der Waals surface area contributed by atoms with Crippen LogP contribution in [0.15, 0.2) is 59.8 Å². The number of benzene rings is 2. The Morgan fingerprint density at radius 2 is 1.96 bits per heavy atom. The SMILES string of the molecule is Cc1nnc(SCCCC(=O)NCCc2ccccc2)n1-c1cccc(Cl)c1. The number of nitrogens with zero attached hydrogens (tertiary/aromatic N) is 3. The second-order valence-corrected chi connectivity index (χ2v) is 7.88. The molecule has 0 unspecified atom stereocenters. The molecule has 0 saturated carbocycles. The minimum atomic E-state index is 0.0871. The Bertz CT molecular complexity index is 914. The fourth-order valence-electron chi connectivity index (χ4n) is 2.82. The zero-order valence-corrected chi connectivity index (χ0v) is 17.3. The van der Waals surface area contributed by atoms with Gasteiger partial charge in [0.15, 0.2) is 5.16 Å². The van der Waals surface area contributed by atoms with Crippen molar-refractivity contribution in [3.63, 3.8) is 0 Å². The lowest BCUT2D eigenvalue weighted by Crippen LogP contribution is -2.25. The lowest BCUT2D eigenvalue weighted by atomic mass is 10.1. The molecule has 0 aliphatic rings. The predicted octanol–water partition coefficient (Wildman–Crippen LogP) is 4.46. The maximum atomic E-state index is 12.0. The highest BCUT2D eigenvalue weighted by molar-refractivity contribution is 7.99. The van der Waals surface area contributed by atoms with Crippen molar-refractivity contribution in [2.24, 2.45) is 0 Å². The predicted molar refractivity (Wildman–Crippen MR) is 114 cm³/mol. The first-order chi connectivity index (χ1) is 13.6. The normalized spacial score (nSPS) is 10.8. The molecule has 0 fully saturated rings. The summed E-state index contributed by atoms with van der Waals surface area (Å²) in [6.07, 6.45) is 2.14. The van der Waals surface area contributed by atoms with E-state index < -0.39 is 0 Å². The number of halogens is 1. The van der Waals surface area contributed by atoms with Gasteiger partial charge in [0.05, 0.1) is 5.69 Å². The van der Waals surface area contributed by atoms with Gasteiger partial charge < -0.3 is 5.32 Å². The van der Waals surface area contributed by atoms with Gasteiger partial charge in [-0.1, -0.05) is 59.8 Å². The van der Waals surface area contributed by atoms with Crippen molar-refractivity contribution in [3.8, 4) is 5.69 Å². The number of amides is 1. The van der Waals surface area contributed by atoms with Gasteiger partial charge in [0.2, 0.25) is 5.91 Å². The molecule has 28 heavy (non-hydrogen) atoms. The Kier molecular flexibility index (Phi) is 7.51. The van der Waals surface area contributed by atoms with E-state index in [1.54, 1.807) is 11.8 Å². The molecule has 0 radical (unpaired) electrons. The fraction of sp³-hybridized carbons (Fsp3) is 0.286. The van der Waals surface area contributed by atoms with E-state index in [0.29, 0.717) is 18.0 Å². The van der Waals surface area contributed by atoms with Crippen molar-refractivity contribution < 1.29 is 4.79 Å². The van der Waals surface area contributed by atoms with Crippen molar-refractivity contribution in [1.29, 1.82) is 0 Å². The van der Waals surface area contributed by atoms with Crippen LogP contribution in [0.2, 0.25) is 5.02 Å². The number of nitrogens with one attached hydrogen (secondary N) is 1. The summed E-state index contributed by atoms with van der Waals surface area (Å²) in [6.45, 7) is 2.58.